The van der Waals surface area contributed by atoms with E-state index in [1.165, 1.54) is 12.1 Å². The Morgan fingerprint density at radius 2 is 1.58 bits per heavy atom. The summed E-state index contributed by atoms with van der Waals surface area (Å²) in [4.78, 5) is 11.7. The van der Waals surface area contributed by atoms with Crippen LogP contribution in [0.4, 0.5) is 0 Å². The van der Waals surface area contributed by atoms with E-state index in [9.17, 15) is 17.8 Å². The third-order valence-electron chi connectivity index (χ3n) is 2.98. The zero-order valence-electron chi connectivity index (χ0n) is 12.0. The highest BCUT2D eigenvalue weighted by atomic mass is 127. The van der Waals surface area contributed by atoms with E-state index >= 15 is 0 Å². The van der Waals surface area contributed by atoms with Gasteiger partial charge in [0.05, 0.1) is 4.90 Å². The van der Waals surface area contributed by atoms with Gasteiger partial charge >= 0.3 is 5.97 Å². The lowest BCUT2D eigenvalue weighted by molar-refractivity contribution is -0.134. The molecule has 2 aromatic rings. The number of halogens is 3. The van der Waals surface area contributed by atoms with Crippen LogP contribution in [0.25, 0.3) is 0 Å². The summed E-state index contributed by atoms with van der Waals surface area (Å²) in [6.45, 7) is 0. The van der Waals surface area contributed by atoms with E-state index in [4.69, 9.17) is 4.74 Å². The van der Waals surface area contributed by atoms with Crippen molar-refractivity contribution in [1.82, 2.24) is 0 Å². The van der Waals surface area contributed by atoms with E-state index in [0.29, 0.717) is 6.42 Å². The van der Waals surface area contributed by atoms with Gasteiger partial charge in [-0.05, 0) is 104 Å². The molecule has 0 aliphatic carbocycles. The van der Waals surface area contributed by atoms with Crippen LogP contribution in [0.2, 0.25) is 0 Å². The zero-order chi connectivity index (χ0) is 17.9. The minimum Gasteiger partial charge on any atom is -0.744 e. The summed E-state index contributed by atoms with van der Waals surface area (Å²) in [7, 11) is -4.57. The Balaban J connectivity index is 2.05. The smallest absolute Gasteiger partial charge is 0.311 e. The first-order valence-electron chi connectivity index (χ1n) is 6.57. The van der Waals surface area contributed by atoms with Crippen LogP contribution in [0.5, 0.6) is 5.75 Å². The number of hydrogen-bond donors (Lipinski definition) is 0. The van der Waals surface area contributed by atoms with Crippen molar-refractivity contribution in [1.29, 1.82) is 0 Å². The average molecular weight is 683 g/mol. The van der Waals surface area contributed by atoms with Gasteiger partial charge in [-0.25, -0.2) is 8.42 Å². The first-order valence-corrected chi connectivity index (χ1v) is 11.2. The van der Waals surface area contributed by atoms with Crippen molar-refractivity contribution in [2.75, 3.05) is 0 Å². The lowest BCUT2D eigenvalue weighted by Gasteiger charge is -2.13. The fraction of sp³-hybridized carbons (Fsp3) is 0.133. The molecule has 0 aliphatic heterocycles. The van der Waals surface area contributed by atoms with E-state index in [1.807, 2.05) is 24.3 Å². The molecule has 0 saturated heterocycles. The van der Waals surface area contributed by atoms with E-state index in [0.717, 1.165) is 9.13 Å². The van der Waals surface area contributed by atoms with Crippen molar-refractivity contribution in [3.05, 3.63) is 52.7 Å². The maximum Gasteiger partial charge on any atom is 0.311 e. The number of rotatable bonds is 5. The Hall–Kier alpha value is 0.01000. The maximum atomic E-state index is 11.9. The van der Waals surface area contributed by atoms with Gasteiger partial charge in [0, 0.05) is 17.1 Å². The molecule has 0 unspecified atom stereocenters. The summed E-state index contributed by atoms with van der Waals surface area (Å²) < 4.78 is 40.5. The molecule has 0 aliphatic rings. The first kappa shape index (κ1) is 20.3. The van der Waals surface area contributed by atoms with Gasteiger partial charge in [-0.3, -0.25) is 4.79 Å². The summed E-state index contributed by atoms with van der Waals surface area (Å²) in [6, 6.07) is 10.6. The van der Waals surface area contributed by atoms with Gasteiger partial charge in [-0.2, -0.15) is 0 Å². The molecule has 0 atom stereocenters. The molecule has 2 rings (SSSR count). The second-order valence-electron chi connectivity index (χ2n) is 4.77. The highest BCUT2D eigenvalue weighted by Gasteiger charge is 2.15. The number of carbonyl (C=O) groups excluding carboxylic acids is 1. The van der Waals surface area contributed by atoms with Crippen LogP contribution in [-0.2, 0) is 21.3 Å². The van der Waals surface area contributed by atoms with Gasteiger partial charge < -0.3 is 9.29 Å². The van der Waals surface area contributed by atoms with Crippen molar-refractivity contribution in [2.24, 2.45) is 0 Å². The van der Waals surface area contributed by atoms with Crippen LogP contribution >= 0.6 is 67.8 Å². The number of aryl methyl sites for hydroxylation is 1. The number of ether oxygens (including phenoxy) is 1. The predicted octanol–water partition coefficient (Wildman–Crippen LogP) is 3.94. The summed E-state index contributed by atoms with van der Waals surface area (Å²) in [6.07, 6.45) is 0.756. The Labute approximate surface area is 180 Å². The standard InChI is InChI=1S/C15H11I3O5S/c16-10-4-1-9(2-5-10)3-6-14(19)23-11-7-12(17)15(13(18)8-11)24(20,21)22/h1-2,4-5,7-8H,3,6H2,(H,20,21,22)/p-1. The monoisotopic (exact) mass is 683 g/mol. The Morgan fingerprint density at radius 3 is 2.08 bits per heavy atom. The third kappa shape index (κ3) is 5.78. The number of benzene rings is 2. The van der Waals surface area contributed by atoms with Gasteiger partial charge in [0.1, 0.15) is 15.9 Å². The minimum atomic E-state index is -4.57. The molecule has 24 heavy (non-hydrogen) atoms. The largest absolute Gasteiger partial charge is 0.744 e. The van der Waals surface area contributed by atoms with Crippen LogP contribution in [0, 0.1) is 10.7 Å². The number of carbonyl (C=O) groups is 1. The van der Waals surface area contributed by atoms with E-state index in [1.54, 1.807) is 45.2 Å². The molecule has 0 aromatic heterocycles. The van der Waals surface area contributed by atoms with E-state index in [-0.39, 0.29) is 24.2 Å². The van der Waals surface area contributed by atoms with Crippen LogP contribution in [-0.4, -0.2) is 18.9 Å². The first-order chi connectivity index (χ1) is 11.2. The van der Waals surface area contributed by atoms with E-state index < -0.39 is 16.1 Å². The summed E-state index contributed by atoms with van der Waals surface area (Å²) >= 11 is 5.69. The molecule has 0 N–H and O–H groups in total. The van der Waals surface area contributed by atoms with Crippen LogP contribution < -0.4 is 4.74 Å². The van der Waals surface area contributed by atoms with Crippen molar-refractivity contribution >= 4 is 83.9 Å². The molecule has 0 saturated carbocycles. The minimum absolute atomic E-state index is 0.204. The second-order valence-corrected chi connectivity index (χ2v) is 9.66. The zero-order valence-corrected chi connectivity index (χ0v) is 19.3. The summed E-state index contributed by atoms with van der Waals surface area (Å²) in [5, 5.41) is 0. The SMILES string of the molecule is O=C(CCc1ccc(I)cc1)Oc1cc(I)c(S(=O)(=O)[O-])c(I)c1. The van der Waals surface area contributed by atoms with Crippen molar-refractivity contribution < 1.29 is 22.5 Å². The van der Waals surface area contributed by atoms with Gasteiger partial charge in [0.15, 0.2) is 0 Å². The molecule has 0 fully saturated rings. The summed E-state index contributed by atoms with van der Waals surface area (Å²) in [5.74, 6) is -0.193. The Morgan fingerprint density at radius 1 is 1.04 bits per heavy atom. The highest BCUT2D eigenvalue weighted by Crippen LogP contribution is 2.29. The quantitative estimate of drug-likeness (QED) is 0.207. The molecule has 0 amide bonds. The summed E-state index contributed by atoms with van der Waals surface area (Å²) in [5.41, 5.74) is 1.03. The van der Waals surface area contributed by atoms with Crippen molar-refractivity contribution in [3.8, 4) is 5.75 Å². The Bertz CT molecular complexity index is 840. The normalized spacial score (nSPS) is 11.3. The molecule has 128 valence electrons. The molecular formula is C15H10I3O5S-. The molecule has 2 aromatic carbocycles. The van der Waals surface area contributed by atoms with Gasteiger partial charge in [-0.15, -0.1) is 0 Å². The van der Waals surface area contributed by atoms with Gasteiger partial charge in [-0.1, -0.05) is 12.1 Å². The number of hydrogen-bond acceptors (Lipinski definition) is 5. The highest BCUT2D eigenvalue weighted by molar-refractivity contribution is 14.1. The molecule has 0 heterocycles. The van der Waals surface area contributed by atoms with E-state index in [2.05, 4.69) is 22.6 Å². The van der Waals surface area contributed by atoms with Crippen LogP contribution in [0.3, 0.4) is 0 Å². The topological polar surface area (TPSA) is 83.5 Å². The second kappa shape index (κ2) is 8.60. The third-order valence-corrected chi connectivity index (χ3v) is 7.08. The average Bonchev–Trinajstić information content (AvgIpc) is 2.44. The van der Waals surface area contributed by atoms with Crippen molar-refractivity contribution in [2.45, 2.75) is 17.7 Å². The Kier molecular flexibility index (Phi) is 7.28. The lowest BCUT2D eigenvalue weighted by atomic mass is 10.1. The van der Waals surface area contributed by atoms with Crippen LogP contribution in [0.15, 0.2) is 41.3 Å². The fourth-order valence-electron chi connectivity index (χ4n) is 1.91. The molecule has 0 radical (unpaired) electrons. The molecular weight excluding hydrogens is 673 g/mol. The molecule has 5 nitrogen and oxygen atoms in total. The lowest BCUT2D eigenvalue weighted by Crippen LogP contribution is -2.11. The van der Waals surface area contributed by atoms with Gasteiger partial charge in [0.2, 0.25) is 0 Å². The predicted molar refractivity (Wildman–Crippen MR) is 113 cm³/mol. The van der Waals surface area contributed by atoms with Gasteiger partial charge in [0.25, 0.3) is 0 Å². The van der Waals surface area contributed by atoms with Crippen molar-refractivity contribution in [3.63, 3.8) is 0 Å². The fourth-order valence-corrected chi connectivity index (χ4v) is 6.20. The molecule has 0 bridgehead atoms. The maximum absolute atomic E-state index is 11.9. The van der Waals surface area contributed by atoms with Crippen LogP contribution in [0.1, 0.15) is 12.0 Å². The molecule has 0 spiro atoms. The number of esters is 1. The molecule has 9 heteroatoms.